The Balaban J connectivity index is 1.96. The monoisotopic (exact) mass is 486 g/mol. The molecule has 0 saturated carbocycles. The first-order valence-electron chi connectivity index (χ1n) is 7.25. The molecule has 2 fully saturated rings. The van der Waals surface area contributed by atoms with Gasteiger partial charge in [0.2, 0.25) is 0 Å². The van der Waals surface area contributed by atoms with Crippen LogP contribution in [-0.4, -0.2) is 139 Å². The Kier molecular flexibility index (Phi) is 7.88. The molecular formula is C12H22O10Se2. The summed E-state index contributed by atoms with van der Waals surface area (Å²) in [6, 6.07) is 0. The molecule has 0 aromatic rings. The molecule has 0 aliphatic carbocycles. The summed E-state index contributed by atoms with van der Waals surface area (Å²) in [7, 11) is 0. The third-order valence-corrected chi connectivity index (χ3v) is 12.0. The van der Waals surface area contributed by atoms with Gasteiger partial charge in [-0.15, -0.1) is 0 Å². The summed E-state index contributed by atoms with van der Waals surface area (Å²) in [5.41, 5.74) is 0. The van der Waals surface area contributed by atoms with E-state index in [1.807, 2.05) is 0 Å². The van der Waals surface area contributed by atoms with E-state index >= 15 is 0 Å². The van der Waals surface area contributed by atoms with Crippen LogP contribution in [-0.2, 0) is 9.47 Å². The van der Waals surface area contributed by atoms with Crippen molar-refractivity contribution in [2.75, 3.05) is 13.2 Å². The van der Waals surface area contributed by atoms with Crippen LogP contribution in [0.2, 0.25) is 0 Å². The molecule has 142 valence electrons. The van der Waals surface area contributed by atoms with E-state index in [1.165, 1.54) is 0 Å². The third-order valence-electron chi connectivity index (χ3n) is 3.94. The van der Waals surface area contributed by atoms with Gasteiger partial charge in [0, 0.05) is 0 Å². The van der Waals surface area contributed by atoms with Crippen LogP contribution < -0.4 is 0 Å². The Hall–Kier alpha value is 0.639. The fraction of sp³-hybridized carbons (Fsp3) is 1.00. The summed E-state index contributed by atoms with van der Waals surface area (Å²) < 4.78 is 10.8. The van der Waals surface area contributed by atoms with Crippen LogP contribution in [0.5, 0.6) is 0 Å². The molecule has 12 heteroatoms. The van der Waals surface area contributed by atoms with Crippen molar-refractivity contribution in [2.45, 2.75) is 58.8 Å². The van der Waals surface area contributed by atoms with E-state index in [-0.39, 0.29) is 0 Å². The molecule has 2 aliphatic rings. The Morgan fingerprint density at radius 3 is 1.17 bits per heavy atom. The van der Waals surface area contributed by atoms with Crippen molar-refractivity contribution in [3.05, 3.63) is 0 Å². The molecule has 0 unspecified atom stereocenters. The van der Waals surface area contributed by atoms with E-state index in [2.05, 4.69) is 0 Å². The van der Waals surface area contributed by atoms with Crippen LogP contribution in [0.3, 0.4) is 0 Å². The number of ether oxygens (including phenoxy) is 2. The van der Waals surface area contributed by atoms with Crippen LogP contribution >= 0.6 is 0 Å². The number of hydrogen-bond acceptors (Lipinski definition) is 10. The molecular weight excluding hydrogens is 462 g/mol. The first kappa shape index (κ1) is 20.9. The number of hydrogen-bond donors (Lipinski definition) is 8. The second-order valence-corrected chi connectivity index (χ2v) is 12.5. The van der Waals surface area contributed by atoms with E-state index in [0.29, 0.717) is 0 Å². The molecule has 8 N–H and O–H groups in total. The van der Waals surface area contributed by atoms with Gasteiger partial charge in [-0.3, -0.25) is 0 Å². The minimum absolute atomic E-state index is 0.491. The molecule has 10 atom stereocenters. The van der Waals surface area contributed by atoms with Gasteiger partial charge >= 0.3 is 149 Å². The number of aliphatic hydroxyl groups is 8. The Labute approximate surface area is 148 Å². The molecule has 0 bridgehead atoms. The van der Waals surface area contributed by atoms with E-state index in [9.17, 15) is 30.6 Å². The van der Waals surface area contributed by atoms with Gasteiger partial charge < -0.3 is 0 Å². The Bertz CT molecular complexity index is 364. The first-order chi connectivity index (χ1) is 11.3. The van der Waals surface area contributed by atoms with Gasteiger partial charge in [0.1, 0.15) is 0 Å². The molecule has 2 heterocycles. The van der Waals surface area contributed by atoms with Crippen molar-refractivity contribution in [3.63, 3.8) is 0 Å². The second-order valence-electron chi connectivity index (χ2n) is 5.59. The van der Waals surface area contributed by atoms with Gasteiger partial charge in [0.15, 0.2) is 0 Å². The predicted octanol–water partition coefficient (Wildman–Crippen LogP) is -6.09. The molecule has 10 nitrogen and oxygen atoms in total. The van der Waals surface area contributed by atoms with Crippen LogP contribution in [0.4, 0.5) is 0 Å². The summed E-state index contributed by atoms with van der Waals surface area (Å²) in [4.78, 5) is 0. The summed E-state index contributed by atoms with van der Waals surface area (Å²) in [5, 5.41) is 75.6. The van der Waals surface area contributed by atoms with E-state index in [1.54, 1.807) is 0 Å². The molecule has 0 aromatic carbocycles. The van der Waals surface area contributed by atoms with E-state index in [4.69, 9.17) is 19.7 Å². The zero-order chi connectivity index (χ0) is 18.0. The van der Waals surface area contributed by atoms with Crippen molar-refractivity contribution >= 4 is 26.3 Å². The normalized spacial score (nSPS) is 50.0. The van der Waals surface area contributed by atoms with Gasteiger partial charge in [0.05, 0.1) is 0 Å². The molecule has 0 amide bonds. The van der Waals surface area contributed by atoms with Gasteiger partial charge in [-0.25, -0.2) is 0 Å². The standard InChI is InChI=1S/C12H22O10Se2/c13-1-3-5(15)7(17)9(19)11(21-3)23-24-12-10(20)8(18)6(16)4(2-14)22-12/h3-20H,1-2H2/t3-,4-,5+,6+,7+,8+,9-,10-,11+,12+/m1/s1. The predicted molar refractivity (Wildman–Crippen MR) is 79.0 cm³/mol. The van der Waals surface area contributed by atoms with E-state index in [0.717, 1.165) is 0 Å². The molecule has 2 aliphatic heterocycles. The fourth-order valence-electron chi connectivity index (χ4n) is 2.40. The quantitative estimate of drug-likeness (QED) is 0.175. The van der Waals surface area contributed by atoms with Crippen LogP contribution in [0.25, 0.3) is 0 Å². The van der Waals surface area contributed by atoms with Crippen molar-refractivity contribution < 1.29 is 50.3 Å². The number of aliphatic hydroxyl groups excluding tert-OH is 8. The third kappa shape index (κ3) is 4.30. The van der Waals surface area contributed by atoms with Crippen molar-refractivity contribution in [1.82, 2.24) is 0 Å². The maximum atomic E-state index is 9.99. The van der Waals surface area contributed by atoms with Gasteiger partial charge in [-0.2, -0.15) is 0 Å². The van der Waals surface area contributed by atoms with Crippen LogP contribution in [0.1, 0.15) is 0 Å². The summed E-state index contributed by atoms with van der Waals surface area (Å²) in [6.07, 6.45) is -10.5. The van der Waals surface area contributed by atoms with E-state index < -0.39 is 98.3 Å². The minimum atomic E-state index is -1.46. The van der Waals surface area contributed by atoms with Gasteiger partial charge in [-0.05, 0) is 0 Å². The topological polar surface area (TPSA) is 180 Å². The molecule has 2 rings (SSSR count). The van der Waals surface area contributed by atoms with Gasteiger partial charge in [0.25, 0.3) is 0 Å². The Morgan fingerprint density at radius 2 is 0.875 bits per heavy atom. The van der Waals surface area contributed by atoms with Crippen molar-refractivity contribution in [2.24, 2.45) is 0 Å². The summed E-state index contributed by atoms with van der Waals surface area (Å²) in [5.74, 6) is 0. The fourth-order valence-corrected chi connectivity index (χ4v) is 10.7. The Morgan fingerprint density at radius 1 is 0.542 bits per heavy atom. The first-order valence-corrected chi connectivity index (χ1v) is 13.6. The summed E-state index contributed by atoms with van der Waals surface area (Å²) in [6.45, 7) is -1.05. The molecule has 0 spiro atoms. The number of rotatable bonds is 5. The van der Waals surface area contributed by atoms with Crippen LogP contribution in [0, 0.1) is 0 Å². The zero-order valence-corrected chi connectivity index (χ0v) is 15.8. The molecule has 2 saturated heterocycles. The van der Waals surface area contributed by atoms with Crippen molar-refractivity contribution in [3.8, 4) is 0 Å². The molecule has 0 aromatic heterocycles. The van der Waals surface area contributed by atoms with Crippen LogP contribution in [0.15, 0.2) is 0 Å². The average Bonchev–Trinajstić information content (AvgIpc) is 2.58. The molecule has 0 radical (unpaired) electrons. The van der Waals surface area contributed by atoms with Crippen molar-refractivity contribution in [1.29, 1.82) is 0 Å². The average molecular weight is 484 g/mol. The van der Waals surface area contributed by atoms with Gasteiger partial charge in [-0.1, -0.05) is 0 Å². The second kappa shape index (κ2) is 9.03. The molecule has 24 heavy (non-hydrogen) atoms. The maximum absolute atomic E-state index is 9.99. The zero-order valence-electron chi connectivity index (χ0n) is 12.4. The summed E-state index contributed by atoms with van der Waals surface area (Å²) >= 11 is -0.983. The SMILES string of the molecule is OC[C@H]1O[C@@H]([Se][Se][C@@H]2O[C@H](CO)[C@H](O)[C@H](O)[C@H]2O)[C@H](O)[C@@H](O)[C@H]1O.